The van der Waals surface area contributed by atoms with Crippen LogP contribution in [0.3, 0.4) is 0 Å². The molecule has 160 valence electrons. The fraction of sp³-hybridized carbons (Fsp3) is 0.261. The maximum atomic E-state index is 12.4. The van der Waals surface area contributed by atoms with Gasteiger partial charge in [-0.2, -0.15) is 0 Å². The lowest BCUT2D eigenvalue weighted by Crippen LogP contribution is -2.29. The minimum absolute atomic E-state index is 0.177. The molecule has 2 amide bonds. The summed E-state index contributed by atoms with van der Waals surface area (Å²) in [6, 6.07) is 12.9. The zero-order valence-electron chi connectivity index (χ0n) is 17.4. The Bertz CT molecular complexity index is 1150. The third-order valence-electron chi connectivity index (χ3n) is 5.39. The van der Waals surface area contributed by atoms with Crippen molar-refractivity contribution in [1.82, 2.24) is 19.8 Å². The van der Waals surface area contributed by atoms with Crippen LogP contribution in [0.1, 0.15) is 29.8 Å². The molecular formula is C23H24N4O4. The molecule has 8 nitrogen and oxygen atoms in total. The Morgan fingerprint density at radius 1 is 1.26 bits per heavy atom. The number of nitrogens with one attached hydrogen (secondary N) is 1. The summed E-state index contributed by atoms with van der Waals surface area (Å²) in [7, 11) is 1.93. The Hall–Kier alpha value is -3.81. The Kier molecular flexibility index (Phi) is 5.62. The number of carbonyl (C=O) groups is 2. The lowest BCUT2D eigenvalue weighted by Gasteiger charge is -2.19. The second-order valence-corrected chi connectivity index (χ2v) is 7.57. The van der Waals surface area contributed by atoms with Gasteiger partial charge in [0.2, 0.25) is 0 Å². The number of carbonyl (C=O) groups excluding carboxylic acids is 1. The van der Waals surface area contributed by atoms with E-state index in [0.29, 0.717) is 12.2 Å². The number of carboxylic acid groups (broad SMARTS) is 1. The first-order valence-corrected chi connectivity index (χ1v) is 10.0. The monoisotopic (exact) mass is 420 g/mol. The highest BCUT2D eigenvalue weighted by Crippen LogP contribution is 2.30. The van der Waals surface area contributed by atoms with Crippen LogP contribution in [-0.4, -0.2) is 44.8 Å². The molecule has 1 aliphatic heterocycles. The Morgan fingerprint density at radius 2 is 2.03 bits per heavy atom. The second kappa shape index (κ2) is 8.51. The van der Waals surface area contributed by atoms with Crippen molar-refractivity contribution in [3.05, 3.63) is 71.6 Å². The van der Waals surface area contributed by atoms with Gasteiger partial charge in [0.15, 0.2) is 0 Å². The number of hydrogen-bond acceptors (Lipinski definition) is 4. The molecule has 1 aliphatic rings. The fourth-order valence-corrected chi connectivity index (χ4v) is 3.69. The highest BCUT2D eigenvalue weighted by Gasteiger charge is 2.25. The van der Waals surface area contributed by atoms with Crippen LogP contribution < -0.4 is 5.32 Å². The first kappa shape index (κ1) is 20.5. The number of aryl methyl sites for hydroxylation is 1. The van der Waals surface area contributed by atoms with Crippen molar-refractivity contribution in [1.29, 1.82) is 0 Å². The molecule has 0 saturated carbocycles. The molecule has 3 aromatic rings. The average molecular weight is 420 g/mol. The van der Waals surface area contributed by atoms with Crippen LogP contribution in [0, 0.1) is 0 Å². The zero-order valence-corrected chi connectivity index (χ0v) is 17.4. The first-order chi connectivity index (χ1) is 14.9. The van der Waals surface area contributed by atoms with Crippen LogP contribution in [0.15, 0.2) is 54.7 Å². The van der Waals surface area contributed by atoms with Crippen molar-refractivity contribution in [2.75, 3.05) is 13.1 Å². The number of pyridine rings is 1. The van der Waals surface area contributed by atoms with E-state index in [1.54, 1.807) is 0 Å². The third-order valence-corrected chi connectivity index (χ3v) is 5.39. The first-order valence-electron chi connectivity index (χ1n) is 10.0. The summed E-state index contributed by atoms with van der Waals surface area (Å²) in [6.07, 6.45) is 2.31. The minimum atomic E-state index is -0.962. The summed E-state index contributed by atoms with van der Waals surface area (Å²) in [6.45, 7) is 2.63. The van der Waals surface area contributed by atoms with E-state index in [1.807, 2.05) is 73.3 Å². The molecule has 0 fully saturated rings. The average Bonchev–Trinajstić information content (AvgIpc) is 3.39. The lowest BCUT2D eigenvalue weighted by atomic mass is 10.00. The molecule has 0 spiro atoms. The zero-order chi connectivity index (χ0) is 22.0. The van der Waals surface area contributed by atoms with E-state index < -0.39 is 18.2 Å². The number of fused-ring (bicyclic) bond motifs is 1. The molecule has 0 saturated heterocycles. The molecule has 1 aromatic carbocycles. The molecule has 4 rings (SSSR count). The van der Waals surface area contributed by atoms with E-state index in [2.05, 4.69) is 5.32 Å². The van der Waals surface area contributed by atoms with Gasteiger partial charge in [-0.05, 0) is 30.2 Å². The molecule has 1 atom stereocenters. The number of ether oxygens (including phenoxy) is 1. The number of aromatic nitrogens is 2. The van der Waals surface area contributed by atoms with Crippen LogP contribution >= 0.6 is 0 Å². The highest BCUT2D eigenvalue weighted by molar-refractivity contribution is 5.84. The molecule has 0 aliphatic carbocycles. The number of nitrogens with zero attached hydrogens (tertiary/aromatic N) is 3. The normalized spacial score (nSPS) is 14.4. The van der Waals surface area contributed by atoms with Crippen molar-refractivity contribution in [2.24, 2.45) is 7.05 Å². The molecule has 0 bridgehead atoms. The van der Waals surface area contributed by atoms with Crippen molar-refractivity contribution in [3.63, 3.8) is 0 Å². The number of benzene rings is 1. The van der Waals surface area contributed by atoms with Crippen molar-refractivity contribution >= 4 is 28.8 Å². The van der Waals surface area contributed by atoms with E-state index in [0.717, 1.165) is 27.7 Å². The predicted molar refractivity (Wildman–Crippen MR) is 116 cm³/mol. The number of alkyl carbamates (subject to hydrolysis) is 1. The van der Waals surface area contributed by atoms with E-state index in [9.17, 15) is 14.7 Å². The second-order valence-electron chi connectivity index (χ2n) is 7.57. The van der Waals surface area contributed by atoms with Crippen LogP contribution in [0.25, 0.3) is 16.6 Å². The number of hydrogen-bond donors (Lipinski definition) is 2. The summed E-state index contributed by atoms with van der Waals surface area (Å²) in [5, 5.41) is 12.2. The van der Waals surface area contributed by atoms with E-state index in [1.165, 1.54) is 4.90 Å². The Morgan fingerprint density at radius 3 is 2.74 bits per heavy atom. The van der Waals surface area contributed by atoms with Gasteiger partial charge in [-0.3, -0.25) is 0 Å². The van der Waals surface area contributed by atoms with Gasteiger partial charge >= 0.3 is 12.2 Å². The maximum absolute atomic E-state index is 12.4. The third kappa shape index (κ3) is 4.37. The van der Waals surface area contributed by atoms with Gasteiger partial charge < -0.3 is 24.6 Å². The largest absolute Gasteiger partial charge is 0.465 e. The summed E-state index contributed by atoms with van der Waals surface area (Å²) in [5.41, 5.74) is 5.02. The molecule has 2 N–H and O–H groups in total. The van der Waals surface area contributed by atoms with Gasteiger partial charge in [0.25, 0.3) is 0 Å². The smallest absolute Gasteiger partial charge is 0.407 e. The number of amides is 2. The van der Waals surface area contributed by atoms with Crippen LogP contribution in [0.4, 0.5) is 9.59 Å². The lowest BCUT2D eigenvalue weighted by molar-refractivity contribution is 0.136. The molecule has 0 unspecified atom stereocenters. The fourth-order valence-electron chi connectivity index (χ4n) is 3.69. The molecule has 2 aromatic heterocycles. The molecule has 31 heavy (non-hydrogen) atoms. The number of rotatable bonds is 5. The summed E-state index contributed by atoms with van der Waals surface area (Å²) in [4.78, 5) is 29.8. The Balaban J connectivity index is 1.56. The van der Waals surface area contributed by atoms with Crippen LogP contribution in [0.2, 0.25) is 0 Å². The topological polar surface area (TPSA) is 96.7 Å². The van der Waals surface area contributed by atoms with Gasteiger partial charge in [0.1, 0.15) is 6.61 Å². The summed E-state index contributed by atoms with van der Waals surface area (Å²) < 4.78 is 7.31. The summed E-state index contributed by atoms with van der Waals surface area (Å²) in [5.74, 6) is 0. The highest BCUT2D eigenvalue weighted by atomic mass is 16.5. The van der Waals surface area contributed by atoms with Crippen LogP contribution in [0.5, 0.6) is 0 Å². The van der Waals surface area contributed by atoms with Gasteiger partial charge in [-0.15, -0.1) is 0 Å². The van der Waals surface area contributed by atoms with Crippen molar-refractivity contribution in [3.8, 4) is 0 Å². The molecule has 0 radical (unpaired) electrons. The van der Waals surface area contributed by atoms with E-state index >= 15 is 0 Å². The van der Waals surface area contributed by atoms with E-state index in [4.69, 9.17) is 9.72 Å². The van der Waals surface area contributed by atoms with Gasteiger partial charge in [-0.25, -0.2) is 14.6 Å². The van der Waals surface area contributed by atoms with E-state index in [-0.39, 0.29) is 13.2 Å². The van der Waals surface area contributed by atoms with Gasteiger partial charge in [0.05, 0.1) is 22.8 Å². The van der Waals surface area contributed by atoms with Crippen molar-refractivity contribution < 1.29 is 19.4 Å². The standard InChI is InChI=1S/C23H24N4O4/c1-15(24-22(28)31-14-16-6-4-3-5-7-16)21-18(17-8-11-27(13-17)23(29)30)12-20-19(25-21)9-10-26(20)2/h3-10,12,15H,11,13-14H2,1-2H3,(H,24,28)(H,29,30)/t15-/m0/s1. The minimum Gasteiger partial charge on any atom is -0.465 e. The maximum Gasteiger partial charge on any atom is 0.407 e. The molecule has 8 heteroatoms. The molecular weight excluding hydrogens is 396 g/mol. The SMILES string of the molecule is C[C@H](NC(=O)OCc1ccccc1)c1nc2ccn(C)c2cc1C1=CCN(C(=O)O)C1. The summed E-state index contributed by atoms with van der Waals surface area (Å²) >= 11 is 0. The van der Waals surface area contributed by atoms with Crippen LogP contribution in [-0.2, 0) is 18.4 Å². The predicted octanol–water partition coefficient (Wildman–Crippen LogP) is 3.94. The van der Waals surface area contributed by atoms with Gasteiger partial charge in [-0.1, -0.05) is 36.4 Å². The van der Waals surface area contributed by atoms with Gasteiger partial charge in [0, 0.05) is 31.9 Å². The Labute approximate surface area is 179 Å². The molecule has 3 heterocycles. The quantitative estimate of drug-likeness (QED) is 0.652. The van der Waals surface area contributed by atoms with Crippen molar-refractivity contribution in [2.45, 2.75) is 19.6 Å².